The fraction of sp³-hybridized carbons (Fsp3) is 0.280. The molecule has 0 aliphatic heterocycles. The molecule has 1 aliphatic rings. The van der Waals surface area contributed by atoms with Crippen LogP contribution in [-0.4, -0.2) is 17.6 Å². The quantitative estimate of drug-likeness (QED) is 0.476. The lowest BCUT2D eigenvalue weighted by Gasteiger charge is -2.20. The number of hydrogen-bond donors (Lipinski definition) is 2. The topological polar surface area (TPSA) is 58.2 Å². The second kappa shape index (κ2) is 9.81. The molecule has 4 rings (SSSR count). The lowest BCUT2D eigenvalue weighted by atomic mass is 9.88. The number of carbonyl (C=O) groups excluding carboxylic acids is 2. The van der Waals surface area contributed by atoms with Gasteiger partial charge in [0.2, 0.25) is 11.8 Å². The average molecular weight is 419 g/mol. The third-order valence-electron chi connectivity index (χ3n) is 5.48. The molecule has 5 heteroatoms. The summed E-state index contributed by atoms with van der Waals surface area (Å²) in [7, 11) is 0. The Labute approximate surface area is 181 Å². The summed E-state index contributed by atoms with van der Waals surface area (Å²) in [5, 5.41) is 8.26. The molecule has 2 amide bonds. The molecule has 1 fully saturated rings. The van der Waals surface area contributed by atoms with E-state index in [1.54, 1.807) is 0 Å². The van der Waals surface area contributed by atoms with Crippen molar-refractivity contribution in [1.82, 2.24) is 0 Å². The largest absolute Gasteiger partial charge is 0.326 e. The Kier molecular flexibility index (Phi) is 6.70. The maximum absolute atomic E-state index is 12.5. The Balaban J connectivity index is 1.31. The van der Waals surface area contributed by atoms with Gasteiger partial charge in [-0.2, -0.15) is 0 Å². The summed E-state index contributed by atoms with van der Waals surface area (Å²) in [4.78, 5) is 25.8. The van der Waals surface area contributed by atoms with Crippen LogP contribution in [0.3, 0.4) is 0 Å². The van der Waals surface area contributed by atoms with Crippen molar-refractivity contribution in [3.63, 3.8) is 0 Å². The van der Waals surface area contributed by atoms with Gasteiger partial charge in [-0.15, -0.1) is 11.8 Å². The van der Waals surface area contributed by atoms with Crippen molar-refractivity contribution in [3.05, 3.63) is 66.7 Å². The van der Waals surface area contributed by atoms with Crippen LogP contribution in [0.5, 0.6) is 0 Å². The molecule has 0 radical (unpaired) electrons. The predicted octanol–water partition coefficient (Wildman–Crippen LogP) is 6.09. The van der Waals surface area contributed by atoms with Gasteiger partial charge in [-0.1, -0.05) is 55.7 Å². The highest BCUT2D eigenvalue weighted by molar-refractivity contribution is 8.00. The number of rotatable bonds is 6. The molecule has 0 aromatic heterocycles. The number of hydrogen-bond acceptors (Lipinski definition) is 3. The van der Waals surface area contributed by atoms with Crippen molar-refractivity contribution >= 4 is 45.7 Å². The van der Waals surface area contributed by atoms with E-state index in [0.717, 1.165) is 52.7 Å². The molecule has 0 heterocycles. The fourth-order valence-corrected chi connectivity index (χ4v) is 4.64. The van der Waals surface area contributed by atoms with Gasteiger partial charge in [0.05, 0.1) is 5.75 Å². The molecule has 0 bridgehead atoms. The van der Waals surface area contributed by atoms with Gasteiger partial charge in [0.1, 0.15) is 0 Å². The van der Waals surface area contributed by atoms with E-state index in [9.17, 15) is 9.59 Å². The van der Waals surface area contributed by atoms with Gasteiger partial charge in [0, 0.05) is 22.2 Å². The highest BCUT2D eigenvalue weighted by atomic mass is 32.2. The minimum absolute atomic E-state index is 0.0491. The number of nitrogens with one attached hydrogen (secondary N) is 2. The van der Waals surface area contributed by atoms with E-state index in [2.05, 4.69) is 16.7 Å². The van der Waals surface area contributed by atoms with Gasteiger partial charge >= 0.3 is 0 Å². The Bertz CT molecular complexity index is 1040. The molecule has 1 saturated carbocycles. The van der Waals surface area contributed by atoms with E-state index in [-0.39, 0.29) is 17.7 Å². The number of thioether (sulfide) groups is 1. The van der Waals surface area contributed by atoms with Crippen molar-refractivity contribution in [2.45, 2.75) is 37.0 Å². The maximum atomic E-state index is 12.5. The Morgan fingerprint density at radius 2 is 1.57 bits per heavy atom. The number of anilines is 2. The maximum Gasteiger partial charge on any atom is 0.234 e. The standard InChI is InChI=1S/C25H26N2O2S/c28-24(26-22-14-13-18-7-4-5-10-20(18)15-22)17-30-23-12-6-11-21(16-23)27-25(29)19-8-2-1-3-9-19/h4-7,10-16,19H,1-3,8-9,17H2,(H,26,28)(H,27,29). The van der Waals surface area contributed by atoms with Crippen LogP contribution in [0.1, 0.15) is 32.1 Å². The molecule has 0 unspecified atom stereocenters. The lowest BCUT2D eigenvalue weighted by Crippen LogP contribution is -2.24. The van der Waals surface area contributed by atoms with E-state index in [1.807, 2.05) is 60.7 Å². The summed E-state index contributed by atoms with van der Waals surface area (Å²) in [5.41, 5.74) is 1.60. The molecule has 3 aromatic rings. The lowest BCUT2D eigenvalue weighted by molar-refractivity contribution is -0.120. The molecule has 4 nitrogen and oxygen atoms in total. The first-order chi connectivity index (χ1) is 14.7. The van der Waals surface area contributed by atoms with Crippen LogP contribution in [-0.2, 0) is 9.59 Å². The van der Waals surface area contributed by atoms with Crippen LogP contribution in [0.25, 0.3) is 10.8 Å². The zero-order valence-corrected chi connectivity index (χ0v) is 17.7. The van der Waals surface area contributed by atoms with Crippen molar-refractivity contribution in [1.29, 1.82) is 0 Å². The Morgan fingerprint density at radius 1 is 0.800 bits per heavy atom. The summed E-state index contributed by atoms with van der Waals surface area (Å²) in [6.07, 6.45) is 5.47. The molecule has 3 aromatic carbocycles. The van der Waals surface area contributed by atoms with E-state index in [0.29, 0.717) is 5.75 Å². The summed E-state index contributed by atoms with van der Waals surface area (Å²) in [6.45, 7) is 0. The van der Waals surface area contributed by atoms with E-state index < -0.39 is 0 Å². The number of amides is 2. The number of benzene rings is 3. The van der Waals surface area contributed by atoms with E-state index in [4.69, 9.17) is 0 Å². The Hall–Kier alpha value is -2.79. The highest BCUT2D eigenvalue weighted by Crippen LogP contribution is 2.27. The van der Waals surface area contributed by atoms with Gasteiger partial charge in [-0.25, -0.2) is 0 Å². The normalized spacial score (nSPS) is 14.4. The van der Waals surface area contributed by atoms with Gasteiger partial charge in [-0.3, -0.25) is 9.59 Å². The zero-order valence-electron chi connectivity index (χ0n) is 16.9. The van der Waals surface area contributed by atoms with Crippen molar-refractivity contribution in [2.24, 2.45) is 5.92 Å². The smallest absolute Gasteiger partial charge is 0.234 e. The number of carbonyl (C=O) groups is 2. The molecular weight excluding hydrogens is 392 g/mol. The van der Waals surface area contributed by atoms with Crippen LogP contribution >= 0.6 is 11.8 Å². The summed E-state index contributed by atoms with van der Waals surface area (Å²) < 4.78 is 0. The molecule has 2 N–H and O–H groups in total. The minimum atomic E-state index is -0.0491. The van der Waals surface area contributed by atoms with Gasteiger partial charge in [-0.05, 0) is 53.9 Å². The van der Waals surface area contributed by atoms with Gasteiger partial charge in [0.15, 0.2) is 0 Å². The second-order valence-electron chi connectivity index (χ2n) is 7.75. The molecule has 154 valence electrons. The van der Waals surface area contributed by atoms with Crippen molar-refractivity contribution in [3.8, 4) is 0 Å². The first-order valence-electron chi connectivity index (χ1n) is 10.5. The van der Waals surface area contributed by atoms with Crippen LogP contribution in [0.15, 0.2) is 71.6 Å². The highest BCUT2D eigenvalue weighted by Gasteiger charge is 2.21. The van der Waals surface area contributed by atoms with Crippen LogP contribution in [0.2, 0.25) is 0 Å². The first kappa shape index (κ1) is 20.5. The molecule has 30 heavy (non-hydrogen) atoms. The zero-order chi connectivity index (χ0) is 20.8. The van der Waals surface area contributed by atoms with Crippen LogP contribution in [0.4, 0.5) is 11.4 Å². The predicted molar refractivity (Wildman–Crippen MR) is 125 cm³/mol. The number of fused-ring (bicyclic) bond motifs is 1. The summed E-state index contributed by atoms with van der Waals surface area (Å²) in [5.74, 6) is 0.507. The van der Waals surface area contributed by atoms with Crippen LogP contribution < -0.4 is 10.6 Å². The molecule has 0 saturated heterocycles. The first-order valence-corrected chi connectivity index (χ1v) is 11.5. The minimum Gasteiger partial charge on any atom is -0.326 e. The van der Waals surface area contributed by atoms with Gasteiger partial charge < -0.3 is 10.6 Å². The molecule has 0 atom stereocenters. The average Bonchev–Trinajstić information content (AvgIpc) is 2.78. The van der Waals surface area contributed by atoms with E-state index >= 15 is 0 Å². The third-order valence-corrected chi connectivity index (χ3v) is 6.47. The summed E-state index contributed by atoms with van der Waals surface area (Å²) in [6, 6.07) is 21.7. The SMILES string of the molecule is O=C(CSc1cccc(NC(=O)C2CCCCC2)c1)Nc1ccc2ccccc2c1. The van der Waals surface area contributed by atoms with Crippen molar-refractivity contribution < 1.29 is 9.59 Å². The molecule has 1 aliphatic carbocycles. The summed E-state index contributed by atoms with van der Waals surface area (Å²) >= 11 is 1.46. The van der Waals surface area contributed by atoms with Gasteiger partial charge in [0.25, 0.3) is 0 Å². The third kappa shape index (κ3) is 5.42. The fourth-order valence-electron chi connectivity index (χ4n) is 3.89. The second-order valence-corrected chi connectivity index (χ2v) is 8.80. The van der Waals surface area contributed by atoms with E-state index in [1.165, 1.54) is 18.2 Å². The van der Waals surface area contributed by atoms with Crippen LogP contribution in [0, 0.1) is 5.92 Å². The molecular formula is C25H26N2O2S. The Morgan fingerprint density at radius 3 is 2.40 bits per heavy atom. The van der Waals surface area contributed by atoms with Crippen molar-refractivity contribution in [2.75, 3.05) is 16.4 Å². The molecule has 0 spiro atoms. The monoisotopic (exact) mass is 418 g/mol.